The summed E-state index contributed by atoms with van der Waals surface area (Å²) in [7, 11) is 1.60. The van der Waals surface area contributed by atoms with Crippen molar-refractivity contribution in [3.63, 3.8) is 0 Å². The zero-order valence-electron chi connectivity index (χ0n) is 9.03. The van der Waals surface area contributed by atoms with Gasteiger partial charge in [-0.15, -0.1) is 0 Å². The Hall–Kier alpha value is -1.59. The van der Waals surface area contributed by atoms with Crippen LogP contribution in [0.3, 0.4) is 0 Å². The number of benzene rings is 1. The molecule has 5 heteroatoms. The minimum absolute atomic E-state index is 0.252. The van der Waals surface area contributed by atoms with Crippen LogP contribution in [0.25, 0.3) is 0 Å². The Morgan fingerprint density at radius 3 is 2.81 bits per heavy atom. The SMILES string of the molecule is COc1ccc2c(c1)C1(NC2=N)OC(C)O1. The van der Waals surface area contributed by atoms with Gasteiger partial charge in [-0.3, -0.25) is 14.9 Å². The van der Waals surface area contributed by atoms with E-state index in [1.165, 1.54) is 0 Å². The van der Waals surface area contributed by atoms with Crippen molar-refractivity contribution in [1.29, 1.82) is 5.41 Å². The summed E-state index contributed by atoms with van der Waals surface area (Å²) < 4.78 is 16.3. The van der Waals surface area contributed by atoms with Crippen LogP contribution < -0.4 is 10.1 Å². The molecule has 1 aromatic carbocycles. The first-order valence-electron chi connectivity index (χ1n) is 5.06. The summed E-state index contributed by atoms with van der Waals surface area (Å²) in [5.41, 5.74) is 1.59. The van der Waals surface area contributed by atoms with Gasteiger partial charge in [0.15, 0.2) is 6.29 Å². The molecule has 5 nitrogen and oxygen atoms in total. The summed E-state index contributed by atoms with van der Waals surface area (Å²) in [6.07, 6.45) is -0.252. The molecule has 84 valence electrons. The Bertz CT molecular complexity index is 466. The molecule has 0 unspecified atom stereocenters. The van der Waals surface area contributed by atoms with Crippen LogP contribution in [0.15, 0.2) is 18.2 Å². The van der Waals surface area contributed by atoms with E-state index in [4.69, 9.17) is 19.6 Å². The van der Waals surface area contributed by atoms with Crippen LogP contribution in [0.2, 0.25) is 0 Å². The maximum absolute atomic E-state index is 7.80. The van der Waals surface area contributed by atoms with Crippen molar-refractivity contribution in [3.8, 4) is 5.75 Å². The van der Waals surface area contributed by atoms with Gasteiger partial charge in [-0.25, -0.2) is 0 Å². The molecule has 1 fully saturated rings. The molecule has 3 rings (SSSR count). The molecule has 16 heavy (non-hydrogen) atoms. The largest absolute Gasteiger partial charge is 0.497 e. The summed E-state index contributed by atoms with van der Waals surface area (Å²) in [5, 5.41) is 10.7. The third-order valence-corrected chi connectivity index (χ3v) is 2.80. The summed E-state index contributed by atoms with van der Waals surface area (Å²) in [6, 6.07) is 5.47. The van der Waals surface area contributed by atoms with Gasteiger partial charge in [-0.05, 0) is 25.1 Å². The van der Waals surface area contributed by atoms with Crippen molar-refractivity contribution in [3.05, 3.63) is 29.3 Å². The molecule has 0 radical (unpaired) electrons. The Balaban J connectivity index is 2.09. The third kappa shape index (κ3) is 1.10. The number of hydrogen-bond acceptors (Lipinski definition) is 4. The first kappa shape index (κ1) is 9.62. The van der Waals surface area contributed by atoms with E-state index in [1.54, 1.807) is 7.11 Å². The fraction of sp³-hybridized carbons (Fsp3) is 0.364. The van der Waals surface area contributed by atoms with E-state index in [-0.39, 0.29) is 6.29 Å². The Kier molecular flexibility index (Phi) is 1.78. The van der Waals surface area contributed by atoms with E-state index in [1.807, 2.05) is 25.1 Å². The normalized spacial score (nSPS) is 30.9. The second-order valence-electron chi connectivity index (χ2n) is 3.83. The minimum Gasteiger partial charge on any atom is -0.497 e. The van der Waals surface area contributed by atoms with Crippen LogP contribution >= 0.6 is 0 Å². The molecule has 2 aliphatic heterocycles. The van der Waals surface area contributed by atoms with Gasteiger partial charge in [-0.2, -0.15) is 0 Å². The van der Waals surface area contributed by atoms with Crippen LogP contribution in [0.1, 0.15) is 18.1 Å². The predicted molar refractivity (Wildman–Crippen MR) is 56.3 cm³/mol. The average molecular weight is 220 g/mol. The fourth-order valence-electron chi connectivity index (χ4n) is 2.10. The van der Waals surface area contributed by atoms with E-state index in [2.05, 4.69) is 5.32 Å². The molecule has 2 aliphatic rings. The Labute approximate surface area is 92.8 Å². The van der Waals surface area contributed by atoms with Crippen molar-refractivity contribution in [2.75, 3.05) is 7.11 Å². The van der Waals surface area contributed by atoms with Crippen LogP contribution in [0.5, 0.6) is 5.75 Å². The molecular weight excluding hydrogens is 208 g/mol. The second kappa shape index (κ2) is 2.96. The van der Waals surface area contributed by atoms with Crippen molar-refractivity contribution in [2.24, 2.45) is 0 Å². The Morgan fingerprint density at radius 1 is 1.44 bits per heavy atom. The number of fused-ring (bicyclic) bond motifs is 2. The van der Waals surface area contributed by atoms with Crippen molar-refractivity contribution >= 4 is 5.84 Å². The monoisotopic (exact) mass is 220 g/mol. The predicted octanol–water partition coefficient (Wildman–Crippen LogP) is 1.13. The highest BCUT2D eigenvalue weighted by Gasteiger charge is 2.53. The van der Waals surface area contributed by atoms with Crippen molar-refractivity contribution in [1.82, 2.24) is 5.32 Å². The summed E-state index contributed by atoms with van der Waals surface area (Å²) >= 11 is 0. The van der Waals surface area contributed by atoms with Crippen molar-refractivity contribution < 1.29 is 14.2 Å². The van der Waals surface area contributed by atoms with Gasteiger partial charge in [0, 0.05) is 11.1 Å². The van der Waals surface area contributed by atoms with Gasteiger partial charge < -0.3 is 10.1 Å². The molecule has 2 N–H and O–H groups in total. The zero-order valence-corrected chi connectivity index (χ0v) is 9.03. The standard InChI is InChI=1S/C11H12N2O3/c1-6-15-11(16-6)9-5-7(14-2)3-4-8(9)10(12)13-11/h3-6H,1-2H3,(H2,12,13). The van der Waals surface area contributed by atoms with Gasteiger partial charge in [0.2, 0.25) is 0 Å². The van der Waals surface area contributed by atoms with Crippen LogP contribution in [0, 0.1) is 5.41 Å². The molecule has 0 aromatic heterocycles. The van der Waals surface area contributed by atoms with E-state index in [0.717, 1.165) is 16.9 Å². The topological polar surface area (TPSA) is 63.6 Å². The van der Waals surface area contributed by atoms with Crippen LogP contribution in [-0.4, -0.2) is 19.2 Å². The lowest BCUT2D eigenvalue weighted by molar-refractivity contribution is -0.461. The summed E-state index contributed by atoms with van der Waals surface area (Å²) in [4.78, 5) is 0. The van der Waals surface area contributed by atoms with E-state index >= 15 is 0 Å². The lowest BCUT2D eigenvalue weighted by Crippen LogP contribution is -2.57. The summed E-state index contributed by atoms with van der Waals surface area (Å²) in [6.45, 7) is 1.81. The maximum Gasteiger partial charge on any atom is 0.284 e. The molecule has 2 heterocycles. The van der Waals surface area contributed by atoms with Crippen molar-refractivity contribution in [2.45, 2.75) is 19.1 Å². The van der Waals surface area contributed by atoms with Crippen LogP contribution in [0.4, 0.5) is 0 Å². The molecule has 0 saturated carbocycles. The highest BCUT2D eigenvalue weighted by atomic mass is 16.9. The molecule has 0 amide bonds. The molecule has 1 spiro atoms. The fourth-order valence-corrected chi connectivity index (χ4v) is 2.10. The lowest BCUT2D eigenvalue weighted by Gasteiger charge is -2.43. The maximum atomic E-state index is 7.80. The number of hydrogen-bond donors (Lipinski definition) is 2. The van der Waals surface area contributed by atoms with Gasteiger partial charge in [0.1, 0.15) is 11.6 Å². The van der Waals surface area contributed by atoms with E-state index in [9.17, 15) is 0 Å². The van der Waals surface area contributed by atoms with Gasteiger partial charge in [0.05, 0.1) is 7.11 Å². The molecule has 1 aromatic rings. The average Bonchev–Trinajstić information content (AvgIpc) is 2.52. The third-order valence-electron chi connectivity index (χ3n) is 2.80. The first-order valence-corrected chi connectivity index (χ1v) is 5.06. The van der Waals surface area contributed by atoms with Gasteiger partial charge >= 0.3 is 0 Å². The van der Waals surface area contributed by atoms with Gasteiger partial charge in [-0.1, -0.05) is 0 Å². The number of amidine groups is 1. The molecule has 0 atom stereocenters. The van der Waals surface area contributed by atoms with E-state index in [0.29, 0.717) is 5.84 Å². The molecular formula is C11H12N2O3. The highest BCUT2D eigenvalue weighted by Crippen LogP contribution is 2.43. The molecule has 1 saturated heterocycles. The number of methoxy groups -OCH3 is 1. The second-order valence-corrected chi connectivity index (χ2v) is 3.83. The zero-order chi connectivity index (χ0) is 11.3. The van der Waals surface area contributed by atoms with Gasteiger partial charge in [0.25, 0.3) is 5.91 Å². The lowest BCUT2D eigenvalue weighted by atomic mass is 10.1. The van der Waals surface area contributed by atoms with Crippen LogP contribution in [-0.2, 0) is 15.4 Å². The highest BCUT2D eigenvalue weighted by molar-refractivity contribution is 6.01. The quantitative estimate of drug-likeness (QED) is 0.744. The van der Waals surface area contributed by atoms with E-state index < -0.39 is 5.91 Å². The smallest absolute Gasteiger partial charge is 0.284 e. The Morgan fingerprint density at radius 2 is 2.19 bits per heavy atom. The molecule has 0 bridgehead atoms. The number of rotatable bonds is 1. The first-order chi connectivity index (χ1) is 7.64. The minimum atomic E-state index is -0.972. The summed E-state index contributed by atoms with van der Waals surface area (Å²) in [5.74, 6) is 0.0614. The molecule has 0 aliphatic carbocycles. The number of nitrogens with one attached hydrogen (secondary N) is 2. The number of ether oxygens (including phenoxy) is 3.